The Bertz CT molecular complexity index is 398. The van der Waals surface area contributed by atoms with Gasteiger partial charge < -0.3 is 15.0 Å². The van der Waals surface area contributed by atoms with Crippen LogP contribution in [-0.4, -0.2) is 59.1 Å². The fourth-order valence-corrected chi connectivity index (χ4v) is 2.04. The van der Waals surface area contributed by atoms with E-state index in [1.807, 2.05) is 12.1 Å². The number of hydrogen-bond donors (Lipinski definition) is 1. The predicted molar refractivity (Wildman–Crippen MR) is 69.3 cm³/mol. The third-order valence-electron chi connectivity index (χ3n) is 2.85. The van der Waals surface area contributed by atoms with Crippen LogP contribution < -0.4 is 0 Å². The minimum Gasteiger partial charge on any atom is -0.409 e. The van der Waals surface area contributed by atoms with Gasteiger partial charge in [-0.3, -0.25) is 4.98 Å². The van der Waals surface area contributed by atoms with Crippen LogP contribution in [0.25, 0.3) is 0 Å². The van der Waals surface area contributed by atoms with Crippen molar-refractivity contribution in [2.45, 2.75) is 0 Å². The van der Waals surface area contributed by atoms with Crippen LogP contribution in [0.15, 0.2) is 28.0 Å². The molecule has 1 fully saturated rings. The molecule has 1 N–H and O–H groups in total. The second-order valence-corrected chi connectivity index (χ2v) is 4.99. The van der Waals surface area contributed by atoms with Crippen molar-refractivity contribution in [3.05, 3.63) is 28.5 Å². The van der Waals surface area contributed by atoms with E-state index in [1.54, 1.807) is 6.20 Å². The number of halogens is 1. The molecular weight excluding hydrogens is 284 g/mol. The Morgan fingerprint density at radius 1 is 1.35 bits per heavy atom. The number of hydrogen-bond acceptors (Lipinski definition) is 4. The molecule has 0 aliphatic carbocycles. The first-order valence-electron chi connectivity index (χ1n) is 5.48. The number of pyridine rings is 1. The topological polar surface area (TPSA) is 52.0 Å². The number of piperazine rings is 1. The number of oxime groups is 1. The second kappa shape index (κ2) is 5.46. The van der Waals surface area contributed by atoms with Gasteiger partial charge in [0.05, 0.1) is 0 Å². The zero-order chi connectivity index (χ0) is 12.3. The molecule has 1 aromatic rings. The lowest BCUT2D eigenvalue weighted by atomic mass is 10.2. The summed E-state index contributed by atoms with van der Waals surface area (Å²) in [6.07, 6.45) is 1.70. The van der Waals surface area contributed by atoms with Gasteiger partial charge in [-0.2, -0.15) is 0 Å². The lowest BCUT2D eigenvalue weighted by Crippen LogP contribution is -2.47. The van der Waals surface area contributed by atoms with Crippen LogP contribution in [0.3, 0.4) is 0 Å². The molecule has 2 rings (SSSR count). The SMILES string of the molecule is CN1CCN(/C(=N/O)c2ccc(Br)cn2)CC1. The van der Waals surface area contributed by atoms with Crippen molar-refractivity contribution in [1.29, 1.82) is 0 Å². The molecule has 6 heteroatoms. The van der Waals surface area contributed by atoms with E-state index in [-0.39, 0.29) is 0 Å². The van der Waals surface area contributed by atoms with Gasteiger partial charge in [0.25, 0.3) is 0 Å². The molecule has 0 atom stereocenters. The van der Waals surface area contributed by atoms with Gasteiger partial charge in [0.15, 0.2) is 5.84 Å². The van der Waals surface area contributed by atoms with E-state index in [1.165, 1.54) is 0 Å². The molecule has 92 valence electrons. The smallest absolute Gasteiger partial charge is 0.193 e. The van der Waals surface area contributed by atoms with Gasteiger partial charge >= 0.3 is 0 Å². The number of aromatic nitrogens is 1. The maximum Gasteiger partial charge on any atom is 0.193 e. The second-order valence-electron chi connectivity index (χ2n) is 4.08. The van der Waals surface area contributed by atoms with E-state index in [4.69, 9.17) is 5.21 Å². The molecule has 0 aromatic carbocycles. The summed E-state index contributed by atoms with van der Waals surface area (Å²) in [6.45, 7) is 3.65. The molecule has 0 radical (unpaired) electrons. The molecule has 1 saturated heterocycles. The van der Waals surface area contributed by atoms with Gasteiger partial charge in [-0.15, -0.1) is 0 Å². The van der Waals surface area contributed by atoms with Crippen LogP contribution in [0.1, 0.15) is 5.69 Å². The standard InChI is InChI=1S/C11H15BrN4O/c1-15-4-6-16(7-5-15)11(14-17)10-3-2-9(12)8-13-10/h2-3,8,17H,4-7H2,1H3/b14-11+. The Balaban J connectivity index is 2.14. The predicted octanol–water partition coefficient (Wildman–Crippen LogP) is 1.23. The number of amidine groups is 1. The Kier molecular flexibility index (Phi) is 3.96. The number of likely N-dealkylation sites (N-methyl/N-ethyl adjacent to an activating group) is 1. The molecule has 0 saturated carbocycles. The quantitative estimate of drug-likeness (QED) is 0.367. The molecule has 2 heterocycles. The third kappa shape index (κ3) is 2.95. The molecule has 1 aliphatic heterocycles. The van der Waals surface area contributed by atoms with Gasteiger partial charge in [-0.25, -0.2) is 0 Å². The summed E-state index contributed by atoms with van der Waals surface area (Å²) in [4.78, 5) is 8.55. The van der Waals surface area contributed by atoms with E-state index in [0.29, 0.717) is 11.5 Å². The molecule has 0 bridgehead atoms. The van der Waals surface area contributed by atoms with Crippen LogP contribution in [0.5, 0.6) is 0 Å². The van der Waals surface area contributed by atoms with E-state index >= 15 is 0 Å². The summed E-state index contributed by atoms with van der Waals surface area (Å²) in [5.74, 6) is 0.547. The fourth-order valence-electron chi connectivity index (χ4n) is 1.80. The Morgan fingerprint density at radius 3 is 2.59 bits per heavy atom. The highest BCUT2D eigenvalue weighted by atomic mass is 79.9. The van der Waals surface area contributed by atoms with Crippen molar-refractivity contribution in [3.63, 3.8) is 0 Å². The summed E-state index contributed by atoms with van der Waals surface area (Å²) in [5, 5.41) is 12.5. The van der Waals surface area contributed by atoms with Gasteiger partial charge in [0.2, 0.25) is 0 Å². The largest absolute Gasteiger partial charge is 0.409 e. The highest BCUT2D eigenvalue weighted by molar-refractivity contribution is 9.10. The fraction of sp³-hybridized carbons (Fsp3) is 0.455. The van der Waals surface area contributed by atoms with Crippen molar-refractivity contribution in [1.82, 2.24) is 14.8 Å². The van der Waals surface area contributed by atoms with Crippen LogP contribution in [0.2, 0.25) is 0 Å². The average molecular weight is 299 g/mol. The van der Waals surface area contributed by atoms with Crippen molar-refractivity contribution in [2.24, 2.45) is 5.16 Å². The van der Waals surface area contributed by atoms with Gasteiger partial charge in [-0.1, -0.05) is 5.16 Å². The van der Waals surface area contributed by atoms with Crippen LogP contribution in [0, 0.1) is 0 Å². The highest BCUT2D eigenvalue weighted by Crippen LogP contribution is 2.11. The molecule has 0 unspecified atom stereocenters. The minimum atomic E-state index is 0.547. The maximum atomic E-state index is 9.15. The van der Waals surface area contributed by atoms with E-state index in [9.17, 15) is 0 Å². The van der Waals surface area contributed by atoms with E-state index in [0.717, 1.165) is 30.7 Å². The molecule has 1 aliphatic rings. The summed E-state index contributed by atoms with van der Waals surface area (Å²) >= 11 is 3.34. The third-order valence-corrected chi connectivity index (χ3v) is 3.32. The number of rotatable bonds is 1. The van der Waals surface area contributed by atoms with Gasteiger partial charge in [-0.05, 0) is 35.1 Å². The van der Waals surface area contributed by atoms with Crippen LogP contribution >= 0.6 is 15.9 Å². The summed E-state index contributed by atoms with van der Waals surface area (Å²) < 4.78 is 0.914. The van der Waals surface area contributed by atoms with Crippen molar-refractivity contribution in [3.8, 4) is 0 Å². The molecular formula is C11H15BrN4O. The Labute approximate surface area is 109 Å². The monoisotopic (exact) mass is 298 g/mol. The van der Waals surface area contributed by atoms with Crippen LogP contribution in [0.4, 0.5) is 0 Å². The molecule has 1 aromatic heterocycles. The van der Waals surface area contributed by atoms with Crippen molar-refractivity contribution >= 4 is 21.8 Å². The van der Waals surface area contributed by atoms with E-state index in [2.05, 4.69) is 42.9 Å². The lowest BCUT2D eigenvalue weighted by Gasteiger charge is -2.33. The number of nitrogens with zero attached hydrogens (tertiary/aromatic N) is 4. The molecule has 17 heavy (non-hydrogen) atoms. The summed E-state index contributed by atoms with van der Waals surface area (Å²) in [7, 11) is 2.09. The zero-order valence-corrected chi connectivity index (χ0v) is 11.3. The molecule has 0 amide bonds. The summed E-state index contributed by atoms with van der Waals surface area (Å²) in [5.41, 5.74) is 0.695. The maximum absolute atomic E-state index is 9.15. The first-order valence-corrected chi connectivity index (χ1v) is 6.27. The van der Waals surface area contributed by atoms with Crippen LogP contribution in [-0.2, 0) is 0 Å². The first-order chi connectivity index (χ1) is 8.20. The first kappa shape index (κ1) is 12.3. The average Bonchev–Trinajstić information content (AvgIpc) is 2.35. The van der Waals surface area contributed by atoms with Crippen molar-refractivity contribution in [2.75, 3.05) is 33.2 Å². The van der Waals surface area contributed by atoms with Crippen molar-refractivity contribution < 1.29 is 5.21 Å². The molecule has 0 spiro atoms. The van der Waals surface area contributed by atoms with Gasteiger partial charge in [0.1, 0.15) is 5.69 Å². The Hall–Kier alpha value is -1.14. The minimum absolute atomic E-state index is 0.547. The Morgan fingerprint density at radius 2 is 2.06 bits per heavy atom. The zero-order valence-electron chi connectivity index (χ0n) is 9.67. The highest BCUT2D eigenvalue weighted by Gasteiger charge is 2.20. The normalized spacial score (nSPS) is 18.5. The molecule has 5 nitrogen and oxygen atoms in total. The van der Waals surface area contributed by atoms with E-state index < -0.39 is 0 Å². The summed E-state index contributed by atoms with van der Waals surface area (Å²) in [6, 6.07) is 3.74. The lowest BCUT2D eigenvalue weighted by molar-refractivity contribution is 0.207. The van der Waals surface area contributed by atoms with Gasteiger partial charge in [0, 0.05) is 36.8 Å².